The number of hydrogen-bond donors (Lipinski definition) is 1. The lowest BCUT2D eigenvalue weighted by Crippen LogP contribution is -2.51. The van der Waals surface area contributed by atoms with Gasteiger partial charge in [-0.15, -0.1) is 0 Å². The number of ether oxygens (including phenoxy) is 2. The molecule has 1 aromatic carbocycles. The molecule has 5 nitrogen and oxygen atoms in total. The summed E-state index contributed by atoms with van der Waals surface area (Å²) in [7, 11) is -5.91. The molecule has 11 heteroatoms. The second-order valence-corrected chi connectivity index (χ2v) is 8.20. The Morgan fingerprint density at radius 2 is 1.88 bits per heavy atom. The highest BCUT2D eigenvalue weighted by Gasteiger charge is 2.55. The molecule has 1 aromatic rings. The molecule has 1 atom stereocenters. The molecule has 0 bridgehead atoms. The third-order valence-electron chi connectivity index (χ3n) is 4.13. The Balaban J connectivity index is 2.17. The van der Waals surface area contributed by atoms with E-state index in [2.05, 4.69) is 0 Å². The van der Waals surface area contributed by atoms with Crippen molar-refractivity contribution in [3.63, 3.8) is 0 Å². The van der Waals surface area contributed by atoms with Crippen molar-refractivity contribution < 1.29 is 45.0 Å². The number of hydrogen-bond acceptors (Lipinski definition) is 5. The maximum Gasteiger partial charge on any atom is 0.501 e. The van der Waals surface area contributed by atoms with Gasteiger partial charge in [-0.3, -0.25) is 0 Å². The van der Waals surface area contributed by atoms with E-state index < -0.39 is 55.4 Å². The molecular formula is C14H13F5O5S. The number of fused-ring (bicyclic) bond motifs is 1. The number of sulfone groups is 1. The maximum atomic E-state index is 13.9. The lowest BCUT2D eigenvalue weighted by atomic mass is 10.0. The summed E-state index contributed by atoms with van der Waals surface area (Å²) in [6, 6.07) is 1.43. The largest absolute Gasteiger partial charge is 0.501 e. The van der Waals surface area contributed by atoms with Gasteiger partial charge in [-0.1, -0.05) is 0 Å². The first-order valence-electron chi connectivity index (χ1n) is 7.08. The van der Waals surface area contributed by atoms with Crippen molar-refractivity contribution in [2.75, 3.05) is 13.2 Å². The SMILES string of the molecule is CC1(Oc2ccc(S(=O)(=O)C(F)(F)F)c3c2CC(F)(F)[C@H]3O)COC1. The fourth-order valence-corrected chi connectivity index (χ4v) is 3.84. The van der Waals surface area contributed by atoms with Crippen molar-refractivity contribution in [2.24, 2.45) is 0 Å². The zero-order valence-electron chi connectivity index (χ0n) is 12.7. The average molecular weight is 388 g/mol. The van der Waals surface area contributed by atoms with E-state index in [0.29, 0.717) is 6.07 Å². The smallest absolute Gasteiger partial charge is 0.482 e. The van der Waals surface area contributed by atoms with Crippen LogP contribution in [-0.4, -0.2) is 43.8 Å². The number of aliphatic hydroxyl groups excluding tert-OH is 1. The quantitative estimate of drug-likeness (QED) is 0.805. The Morgan fingerprint density at radius 1 is 1.28 bits per heavy atom. The van der Waals surface area contributed by atoms with Crippen molar-refractivity contribution >= 4 is 9.84 Å². The van der Waals surface area contributed by atoms with E-state index in [0.717, 1.165) is 6.07 Å². The van der Waals surface area contributed by atoms with Gasteiger partial charge in [0.05, 0.1) is 18.1 Å². The zero-order chi connectivity index (χ0) is 18.8. The zero-order valence-corrected chi connectivity index (χ0v) is 13.5. The van der Waals surface area contributed by atoms with Crippen molar-refractivity contribution in [2.45, 2.75) is 41.4 Å². The third kappa shape index (κ3) is 2.77. The van der Waals surface area contributed by atoms with Crippen LogP contribution >= 0.6 is 0 Å². The van der Waals surface area contributed by atoms with Crippen LogP contribution in [0.25, 0.3) is 0 Å². The molecule has 1 heterocycles. The van der Waals surface area contributed by atoms with Crippen LogP contribution in [0, 0.1) is 0 Å². The summed E-state index contributed by atoms with van der Waals surface area (Å²) >= 11 is 0. The van der Waals surface area contributed by atoms with Crippen molar-refractivity contribution in [3.8, 4) is 5.75 Å². The maximum absolute atomic E-state index is 13.9. The summed E-state index contributed by atoms with van der Waals surface area (Å²) in [5.74, 6) is -4.01. The first kappa shape index (κ1) is 18.3. The van der Waals surface area contributed by atoms with E-state index in [9.17, 15) is 35.5 Å². The van der Waals surface area contributed by atoms with Crippen LogP contribution in [-0.2, 0) is 21.0 Å². The van der Waals surface area contributed by atoms with Crippen molar-refractivity contribution in [3.05, 3.63) is 23.3 Å². The van der Waals surface area contributed by atoms with Gasteiger partial charge in [-0.05, 0) is 19.1 Å². The van der Waals surface area contributed by atoms with Gasteiger partial charge in [-0.2, -0.15) is 13.2 Å². The first-order chi connectivity index (χ1) is 11.3. The van der Waals surface area contributed by atoms with E-state index in [1.54, 1.807) is 6.92 Å². The molecule has 1 saturated heterocycles. The molecule has 140 valence electrons. The van der Waals surface area contributed by atoms with Gasteiger partial charge >= 0.3 is 5.51 Å². The summed E-state index contributed by atoms with van der Waals surface area (Å²) < 4.78 is 100. The van der Waals surface area contributed by atoms with Gasteiger partial charge in [0.2, 0.25) is 0 Å². The molecule has 0 amide bonds. The molecule has 1 aliphatic heterocycles. The molecule has 25 heavy (non-hydrogen) atoms. The minimum Gasteiger partial charge on any atom is -0.482 e. The van der Waals surface area contributed by atoms with Crippen molar-refractivity contribution in [1.29, 1.82) is 0 Å². The number of alkyl halides is 5. The lowest BCUT2D eigenvalue weighted by molar-refractivity contribution is -0.150. The second kappa shape index (κ2) is 5.27. The van der Waals surface area contributed by atoms with E-state index in [1.165, 1.54) is 0 Å². The van der Waals surface area contributed by atoms with Crippen LogP contribution in [0.3, 0.4) is 0 Å². The fraction of sp³-hybridized carbons (Fsp3) is 0.571. The third-order valence-corrected chi connectivity index (χ3v) is 5.67. The Morgan fingerprint density at radius 3 is 2.36 bits per heavy atom. The highest BCUT2D eigenvalue weighted by atomic mass is 32.2. The normalized spacial score (nSPS) is 24.5. The van der Waals surface area contributed by atoms with Crippen LogP contribution in [0.4, 0.5) is 22.0 Å². The molecule has 1 fully saturated rings. The predicted octanol–water partition coefficient (Wildman–Crippen LogP) is 2.37. The number of benzene rings is 1. The van der Waals surface area contributed by atoms with Gasteiger partial charge in [0.25, 0.3) is 15.8 Å². The van der Waals surface area contributed by atoms with Gasteiger partial charge in [0, 0.05) is 17.5 Å². The molecule has 0 saturated carbocycles. The minimum absolute atomic E-state index is 0.142. The highest BCUT2D eigenvalue weighted by molar-refractivity contribution is 7.92. The van der Waals surface area contributed by atoms with Gasteiger partial charge < -0.3 is 14.6 Å². The van der Waals surface area contributed by atoms with E-state index in [1.807, 2.05) is 0 Å². The van der Waals surface area contributed by atoms with Gasteiger partial charge in [0.15, 0.2) is 5.60 Å². The summed E-state index contributed by atoms with van der Waals surface area (Å²) in [6.45, 7) is 1.89. The van der Waals surface area contributed by atoms with Crippen LogP contribution in [0.2, 0.25) is 0 Å². The minimum atomic E-state index is -5.91. The Bertz CT molecular complexity index is 814. The molecule has 1 N–H and O–H groups in total. The average Bonchev–Trinajstić information content (AvgIpc) is 2.68. The lowest BCUT2D eigenvalue weighted by Gasteiger charge is -2.38. The molecule has 2 aliphatic rings. The molecule has 1 aliphatic carbocycles. The standard InChI is InChI=1S/C14H13F5O5S/c1-12(5-23-6-12)24-8-2-3-9(25(21,22)14(17,18)19)10-7(8)4-13(15,16)11(10)20/h2-3,11,20H,4-6H2,1H3/t11-/m0/s1. The molecule has 0 spiro atoms. The number of aliphatic hydroxyl groups is 1. The van der Waals surface area contributed by atoms with E-state index >= 15 is 0 Å². The van der Waals surface area contributed by atoms with Gasteiger partial charge in [0.1, 0.15) is 11.9 Å². The molecule has 0 radical (unpaired) electrons. The Kier molecular flexibility index (Phi) is 3.87. The van der Waals surface area contributed by atoms with Crippen molar-refractivity contribution in [1.82, 2.24) is 0 Å². The fourth-order valence-electron chi connectivity index (χ4n) is 2.82. The highest BCUT2D eigenvalue weighted by Crippen LogP contribution is 2.51. The molecule has 3 rings (SSSR count). The summed E-state index contributed by atoms with van der Waals surface area (Å²) in [5.41, 5.74) is -7.96. The summed E-state index contributed by atoms with van der Waals surface area (Å²) in [6.07, 6.45) is -3.81. The number of rotatable bonds is 3. The van der Waals surface area contributed by atoms with Crippen LogP contribution < -0.4 is 4.74 Å². The Hall–Kier alpha value is -1.46. The second-order valence-electron chi connectivity index (χ2n) is 6.29. The predicted molar refractivity (Wildman–Crippen MR) is 73.1 cm³/mol. The first-order valence-corrected chi connectivity index (χ1v) is 8.57. The summed E-state index contributed by atoms with van der Waals surface area (Å²) in [5, 5.41) is 9.75. The topological polar surface area (TPSA) is 72.8 Å². The van der Waals surface area contributed by atoms with E-state index in [-0.39, 0.29) is 19.0 Å². The molecule has 0 unspecified atom stereocenters. The molecule has 0 aromatic heterocycles. The number of halogens is 5. The summed E-state index contributed by atoms with van der Waals surface area (Å²) in [4.78, 5) is -1.39. The monoisotopic (exact) mass is 388 g/mol. The molecular weight excluding hydrogens is 375 g/mol. The van der Waals surface area contributed by atoms with Crippen LogP contribution in [0.1, 0.15) is 24.2 Å². The van der Waals surface area contributed by atoms with Crippen LogP contribution in [0.15, 0.2) is 17.0 Å². The Labute approximate surface area is 139 Å². The van der Waals surface area contributed by atoms with Gasteiger partial charge in [-0.25, -0.2) is 17.2 Å². The van der Waals surface area contributed by atoms with Crippen LogP contribution in [0.5, 0.6) is 5.75 Å². The van der Waals surface area contributed by atoms with E-state index in [4.69, 9.17) is 9.47 Å².